The maximum Gasteiger partial charge on any atom is 0.416 e. The molecule has 1 aromatic rings. The molecule has 0 aliphatic carbocycles. The maximum atomic E-state index is 12.7. The Morgan fingerprint density at radius 3 is 2.00 bits per heavy atom. The molecule has 0 aromatic heterocycles. The molecule has 1 rings (SSSR count). The SMILES string of the molecule is CCOC(=O)CCNCc1cc(C(F)(F)F)cc(C(F)(F)F)c1. The Morgan fingerprint density at radius 1 is 1.04 bits per heavy atom. The number of carbonyl (C=O) groups excluding carboxylic acids is 1. The standard InChI is InChI=1S/C14H15F6NO2/c1-2-23-12(22)3-4-21-8-9-5-10(13(15,16)17)7-11(6-9)14(18,19)20/h5-7,21H,2-4,8H2,1H3. The fourth-order valence-electron chi connectivity index (χ4n) is 1.78. The summed E-state index contributed by atoms with van der Waals surface area (Å²) in [6, 6.07) is 1.36. The van der Waals surface area contributed by atoms with Gasteiger partial charge >= 0.3 is 18.3 Å². The summed E-state index contributed by atoms with van der Waals surface area (Å²) in [6.45, 7) is 1.66. The monoisotopic (exact) mass is 343 g/mol. The van der Waals surface area contributed by atoms with E-state index in [-0.39, 0.29) is 37.7 Å². The lowest BCUT2D eigenvalue weighted by molar-refractivity contribution is -0.144. The smallest absolute Gasteiger partial charge is 0.416 e. The molecule has 0 aliphatic heterocycles. The van der Waals surface area contributed by atoms with Gasteiger partial charge in [0.25, 0.3) is 0 Å². The topological polar surface area (TPSA) is 38.3 Å². The second kappa shape index (κ2) is 7.67. The van der Waals surface area contributed by atoms with Gasteiger partial charge in [-0.1, -0.05) is 0 Å². The van der Waals surface area contributed by atoms with Crippen LogP contribution in [-0.2, 0) is 28.4 Å². The highest BCUT2D eigenvalue weighted by Crippen LogP contribution is 2.36. The molecule has 0 atom stereocenters. The van der Waals surface area contributed by atoms with Gasteiger partial charge in [0.2, 0.25) is 0 Å². The minimum Gasteiger partial charge on any atom is -0.466 e. The van der Waals surface area contributed by atoms with Crippen LogP contribution in [0.5, 0.6) is 0 Å². The van der Waals surface area contributed by atoms with E-state index in [1.54, 1.807) is 6.92 Å². The van der Waals surface area contributed by atoms with E-state index in [1.165, 1.54) is 0 Å². The third kappa shape index (κ3) is 6.47. The number of rotatable bonds is 6. The predicted octanol–water partition coefficient (Wildman–Crippen LogP) is 3.77. The van der Waals surface area contributed by atoms with Crippen molar-refractivity contribution in [2.75, 3.05) is 13.2 Å². The second-order valence-electron chi connectivity index (χ2n) is 4.65. The van der Waals surface area contributed by atoms with E-state index in [9.17, 15) is 31.1 Å². The molecule has 9 heteroatoms. The van der Waals surface area contributed by atoms with E-state index in [0.717, 1.165) is 0 Å². The Hall–Kier alpha value is -1.77. The Labute approximate surface area is 128 Å². The van der Waals surface area contributed by atoms with Crippen molar-refractivity contribution in [3.63, 3.8) is 0 Å². The summed E-state index contributed by atoms with van der Waals surface area (Å²) in [5, 5.41) is 2.61. The lowest BCUT2D eigenvalue weighted by Crippen LogP contribution is -2.20. The molecular formula is C14H15F6NO2. The van der Waals surface area contributed by atoms with Gasteiger partial charge in [-0.25, -0.2) is 0 Å². The molecule has 0 heterocycles. The van der Waals surface area contributed by atoms with Crippen LogP contribution in [0.4, 0.5) is 26.3 Å². The molecule has 0 bridgehead atoms. The molecule has 0 aliphatic rings. The van der Waals surface area contributed by atoms with Crippen LogP contribution in [0.25, 0.3) is 0 Å². The minimum atomic E-state index is -4.87. The summed E-state index contributed by atoms with van der Waals surface area (Å²) in [6.07, 6.45) is -9.78. The first-order valence-corrected chi connectivity index (χ1v) is 6.68. The van der Waals surface area contributed by atoms with Crippen molar-refractivity contribution < 1.29 is 35.9 Å². The summed E-state index contributed by atoms with van der Waals surface area (Å²) < 4.78 is 80.6. The van der Waals surface area contributed by atoms with Crippen molar-refractivity contribution in [1.82, 2.24) is 5.32 Å². The van der Waals surface area contributed by atoms with E-state index in [1.807, 2.05) is 0 Å². The quantitative estimate of drug-likeness (QED) is 0.485. The predicted molar refractivity (Wildman–Crippen MR) is 69.4 cm³/mol. The van der Waals surface area contributed by atoms with Crippen molar-refractivity contribution >= 4 is 5.97 Å². The molecule has 1 aromatic carbocycles. The molecule has 0 radical (unpaired) electrons. The zero-order chi connectivity index (χ0) is 17.7. The van der Waals surface area contributed by atoms with Crippen molar-refractivity contribution in [3.8, 4) is 0 Å². The first kappa shape index (κ1) is 19.3. The summed E-state index contributed by atoms with van der Waals surface area (Å²) in [4.78, 5) is 11.1. The molecule has 3 nitrogen and oxygen atoms in total. The largest absolute Gasteiger partial charge is 0.466 e. The number of ether oxygens (including phenoxy) is 1. The minimum absolute atomic E-state index is 0.0288. The molecular weight excluding hydrogens is 328 g/mol. The molecule has 0 spiro atoms. The van der Waals surface area contributed by atoms with Crippen LogP contribution in [0.1, 0.15) is 30.0 Å². The van der Waals surface area contributed by atoms with E-state index in [2.05, 4.69) is 10.1 Å². The number of alkyl halides is 6. The summed E-state index contributed by atoms with van der Waals surface area (Å²) in [7, 11) is 0. The first-order chi connectivity index (χ1) is 10.5. The zero-order valence-corrected chi connectivity index (χ0v) is 12.1. The maximum absolute atomic E-state index is 12.7. The van der Waals surface area contributed by atoms with Crippen molar-refractivity contribution in [2.45, 2.75) is 32.2 Å². The normalized spacial score (nSPS) is 12.3. The Kier molecular flexibility index (Phi) is 6.43. The van der Waals surface area contributed by atoms with Gasteiger partial charge in [0, 0.05) is 13.1 Å². The van der Waals surface area contributed by atoms with Crippen LogP contribution in [0.15, 0.2) is 18.2 Å². The van der Waals surface area contributed by atoms with Crippen molar-refractivity contribution in [3.05, 3.63) is 34.9 Å². The van der Waals surface area contributed by atoms with Crippen LogP contribution in [0, 0.1) is 0 Å². The lowest BCUT2D eigenvalue weighted by atomic mass is 10.0. The fraction of sp³-hybridized carbons (Fsp3) is 0.500. The highest BCUT2D eigenvalue weighted by molar-refractivity contribution is 5.69. The van der Waals surface area contributed by atoms with E-state index in [4.69, 9.17) is 0 Å². The van der Waals surface area contributed by atoms with E-state index >= 15 is 0 Å². The average Bonchev–Trinajstić information content (AvgIpc) is 2.42. The fourth-order valence-corrected chi connectivity index (χ4v) is 1.78. The Morgan fingerprint density at radius 2 is 1.57 bits per heavy atom. The average molecular weight is 343 g/mol. The van der Waals surface area contributed by atoms with Crippen LogP contribution in [0.2, 0.25) is 0 Å². The van der Waals surface area contributed by atoms with Gasteiger partial charge in [-0.3, -0.25) is 4.79 Å². The van der Waals surface area contributed by atoms with Crippen LogP contribution in [-0.4, -0.2) is 19.1 Å². The van der Waals surface area contributed by atoms with Crippen LogP contribution < -0.4 is 5.32 Å². The molecule has 0 saturated carbocycles. The van der Waals surface area contributed by atoms with Gasteiger partial charge in [0.05, 0.1) is 24.2 Å². The van der Waals surface area contributed by atoms with Gasteiger partial charge < -0.3 is 10.1 Å². The molecule has 0 amide bonds. The van der Waals surface area contributed by atoms with Gasteiger partial charge in [-0.2, -0.15) is 26.3 Å². The van der Waals surface area contributed by atoms with E-state index < -0.39 is 29.4 Å². The van der Waals surface area contributed by atoms with Crippen LogP contribution in [0.3, 0.4) is 0 Å². The number of carbonyl (C=O) groups is 1. The first-order valence-electron chi connectivity index (χ1n) is 6.68. The van der Waals surface area contributed by atoms with Crippen LogP contribution >= 0.6 is 0 Å². The number of halogens is 6. The summed E-state index contributed by atoms with van der Waals surface area (Å²) in [5.41, 5.74) is -2.90. The lowest BCUT2D eigenvalue weighted by Gasteiger charge is -2.14. The van der Waals surface area contributed by atoms with Gasteiger partial charge in [-0.05, 0) is 30.7 Å². The number of esters is 1. The third-order valence-electron chi connectivity index (χ3n) is 2.79. The van der Waals surface area contributed by atoms with Gasteiger partial charge in [0.1, 0.15) is 0 Å². The Bertz CT molecular complexity index is 507. The molecule has 0 saturated heterocycles. The number of hydrogen-bond acceptors (Lipinski definition) is 3. The molecule has 1 N–H and O–H groups in total. The summed E-state index contributed by atoms with van der Waals surface area (Å²) in [5.74, 6) is -0.500. The molecule has 23 heavy (non-hydrogen) atoms. The molecule has 0 fully saturated rings. The molecule has 0 unspecified atom stereocenters. The summed E-state index contributed by atoms with van der Waals surface area (Å²) >= 11 is 0. The third-order valence-corrected chi connectivity index (χ3v) is 2.79. The number of nitrogens with one attached hydrogen (secondary N) is 1. The molecule has 130 valence electrons. The van der Waals surface area contributed by atoms with Crippen molar-refractivity contribution in [1.29, 1.82) is 0 Å². The van der Waals surface area contributed by atoms with E-state index in [0.29, 0.717) is 12.1 Å². The van der Waals surface area contributed by atoms with Crippen molar-refractivity contribution in [2.24, 2.45) is 0 Å². The second-order valence-corrected chi connectivity index (χ2v) is 4.65. The number of benzene rings is 1. The number of hydrogen-bond donors (Lipinski definition) is 1. The zero-order valence-electron chi connectivity index (χ0n) is 12.1. The van der Waals surface area contributed by atoms with Gasteiger partial charge in [0.15, 0.2) is 0 Å². The van der Waals surface area contributed by atoms with Gasteiger partial charge in [-0.15, -0.1) is 0 Å². The highest BCUT2D eigenvalue weighted by atomic mass is 19.4. The highest BCUT2D eigenvalue weighted by Gasteiger charge is 2.36. The Balaban J connectivity index is 2.80.